The molecule has 0 amide bonds. The number of ether oxygens (including phenoxy) is 1. The molecule has 1 N–H and O–H groups in total. The summed E-state index contributed by atoms with van der Waals surface area (Å²) in [5.74, 6) is -0.249. The summed E-state index contributed by atoms with van der Waals surface area (Å²) < 4.78 is 10.2. The molecule has 2 aromatic heterocycles. The molecule has 0 unspecified atom stereocenters. The van der Waals surface area contributed by atoms with Gasteiger partial charge in [-0.05, 0) is 24.3 Å². The van der Waals surface area contributed by atoms with Crippen LogP contribution in [0.15, 0.2) is 45.6 Å². The van der Waals surface area contributed by atoms with E-state index in [4.69, 9.17) is 23.9 Å². The minimum absolute atomic E-state index is 0.108. The van der Waals surface area contributed by atoms with E-state index in [1.165, 1.54) is 13.2 Å². The Kier molecular flexibility index (Phi) is 3.81. The molecule has 0 fully saturated rings. The average Bonchev–Trinajstić information content (AvgIpc) is 2.99. The first-order chi connectivity index (χ1) is 12.5. The second kappa shape index (κ2) is 6.03. The lowest BCUT2D eigenvalue weighted by molar-refractivity contribution is 0.0601. The molecule has 0 bridgehead atoms. The number of H-pyrrole nitrogens is 1. The van der Waals surface area contributed by atoms with Crippen LogP contribution in [0.4, 0.5) is 0 Å². The van der Waals surface area contributed by atoms with Gasteiger partial charge in [0.05, 0.1) is 17.7 Å². The van der Waals surface area contributed by atoms with Crippen LogP contribution in [0.1, 0.15) is 10.4 Å². The van der Waals surface area contributed by atoms with E-state index in [1.807, 2.05) is 0 Å². The summed E-state index contributed by atoms with van der Waals surface area (Å²) in [5, 5.41) is 0.886. The van der Waals surface area contributed by atoms with Crippen LogP contribution < -0.4 is 11.0 Å². The van der Waals surface area contributed by atoms with E-state index >= 15 is 0 Å². The minimum Gasteiger partial charge on any atom is -0.465 e. The largest absolute Gasteiger partial charge is 0.465 e. The number of rotatable bonds is 2. The first-order valence-electron chi connectivity index (χ1n) is 7.58. The zero-order chi connectivity index (χ0) is 18.4. The number of halogens is 1. The summed E-state index contributed by atoms with van der Waals surface area (Å²) in [7, 11) is 7.11. The van der Waals surface area contributed by atoms with Crippen molar-refractivity contribution in [1.29, 1.82) is 0 Å². The van der Waals surface area contributed by atoms with Crippen molar-refractivity contribution in [1.82, 2.24) is 9.97 Å². The van der Waals surface area contributed by atoms with E-state index in [2.05, 4.69) is 14.7 Å². The second-order valence-electron chi connectivity index (χ2n) is 5.64. The van der Waals surface area contributed by atoms with Gasteiger partial charge in [-0.25, -0.2) is 9.78 Å². The molecular weight excluding hydrogens is 354 g/mol. The molecule has 8 heteroatoms. The summed E-state index contributed by atoms with van der Waals surface area (Å²) in [6, 6.07) is 9.65. The number of fused-ring (bicyclic) bond motifs is 3. The van der Waals surface area contributed by atoms with Gasteiger partial charge >= 0.3 is 5.97 Å². The molecule has 0 aliphatic rings. The van der Waals surface area contributed by atoms with Crippen LogP contribution in [0.2, 0.25) is 5.02 Å². The first-order valence-corrected chi connectivity index (χ1v) is 7.96. The number of nitrogens with one attached hydrogen (secondary N) is 1. The smallest absolute Gasteiger partial charge is 0.337 e. The second-order valence-corrected chi connectivity index (χ2v) is 6.04. The number of nitrogens with zero attached hydrogens (tertiary/aromatic N) is 1. The fraction of sp³-hybridized carbons (Fsp3) is 0.0556. The van der Waals surface area contributed by atoms with Gasteiger partial charge in [-0.1, -0.05) is 29.2 Å². The number of hydrogen-bond donors (Lipinski definition) is 1. The average molecular weight is 365 g/mol. The molecule has 6 nitrogen and oxygen atoms in total. The van der Waals surface area contributed by atoms with Gasteiger partial charge in [-0.3, -0.25) is 4.79 Å². The van der Waals surface area contributed by atoms with E-state index < -0.39 is 11.5 Å². The van der Waals surface area contributed by atoms with Gasteiger partial charge in [0.1, 0.15) is 24.8 Å². The van der Waals surface area contributed by atoms with Crippen molar-refractivity contribution in [2.75, 3.05) is 7.11 Å². The lowest BCUT2D eigenvalue weighted by Crippen LogP contribution is -2.09. The van der Waals surface area contributed by atoms with E-state index in [-0.39, 0.29) is 16.4 Å². The quantitative estimate of drug-likeness (QED) is 0.436. The SMILES string of the molecule is [B]c1ccc2oc3c(=O)[nH]c(-c4ccc(C(=O)OC)cc4Cl)nc3c2c1. The third kappa shape index (κ3) is 2.57. The number of benzene rings is 2. The zero-order valence-corrected chi connectivity index (χ0v) is 14.3. The van der Waals surface area contributed by atoms with Gasteiger partial charge < -0.3 is 14.1 Å². The third-order valence-electron chi connectivity index (χ3n) is 3.99. The topological polar surface area (TPSA) is 85.2 Å². The highest BCUT2D eigenvalue weighted by Gasteiger charge is 2.16. The van der Waals surface area contributed by atoms with Crippen molar-refractivity contribution in [3.8, 4) is 11.4 Å². The Morgan fingerprint density at radius 3 is 2.81 bits per heavy atom. The molecule has 0 aliphatic carbocycles. The highest BCUT2D eigenvalue weighted by molar-refractivity contribution is 6.34. The number of carbonyl (C=O) groups excluding carboxylic acids is 1. The summed E-state index contributed by atoms with van der Waals surface area (Å²) >= 11 is 6.27. The van der Waals surface area contributed by atoms with Crippen molar-refractivity contribution < 1.29 is 13.9 Å². The van der Waals surface area contributed by atoms with Crippen molar-refractivity contribution in [2.45, 2.75) is 0 Å². The molecular formula is C18H10BClN2O4. The maximum absolute atomic E-state index is 12.4. The van der Waals surface area contributed by atoms with Gasteiger partial charge in [-0.2, -0.15) is 0 Å². The van der Waals surface area contributed by atoms with E-state index in [0.717, 1.165) is 0 Å². The number of furan rings is 1. The highest BCUT2D eigenvalue weighted by Crippen LogP contribution is 2.29. The van der Waals surface area contributed by atoms with Crippen molar-refractivity contribution in [3.05, 3.63) is 57.3 Å². The predicted octanol–water partition coefficient (Wildman–Crippen LogP) is 2.57. The predicted molar refractivity (Wildman–Crippen MR) is 99.3 cm³/mol. The molecule has 0 saturated heterocycles. The Balaban J connectivity index is 1.95. The number of aromatic nitrogens is 2. The first kappa shape index (κ1) is 16.4. The third-order valence-corrected chi connectivity index (χ3v) is 4.31. The maximum Gasteiger partial charge on any atom is 0.337 e. The van der Waals surface area contributed by atoms with Crippen molar-refractivity contribution in [2.24, 2.45) is 0 Å². The summed E-state index contributed by atoms with van der Waals surface area (Å²) in [5.41, 5.74) is 1.87. The Hall–Kier alpha value is -3.06. The molecule has 26 heavy (non-hydrogen) atoms. The summed E-state index contributed by atoms with van der Waals surface area (Å²) in [6.45, 7) is 0. The zero-order valence-electron chi connectivity index (χ0n) is 13.5. The number of hydrogen-bond acceptors (Lipinski definition) is 5. The monoisotopic (exact) mass is 364 g/mol. The lowest BCUT2D eigenvalue weighted by atomic mass is 9.95. The molecule has 0 aliphatic heterocycles. The van der Waals surface area contributed by atoms with Crippen LogP contribution in [-0.4, -0.2) is 30.9 Å². The standard InChI is InChI=1S/C18H10BClN2O4/c1-25-18(24)8-2-4-10(12(20)6-8)16-21-14-11-7-9(19)3-5-13(11)26-15(14)17(23)22-16/h2-7H,1H3,(H,21,22,23). The Morgan fingerprint density at radius 2 is 2.08 bits per heavy atom. The molecule has 4 aromatic rings. The van der Waals surface area contributed by atoms with Crippen LogP contribution >= 0.6 is 11.6 Å². The Labute approximate surface area is 153 Å². The van der Waals surface area contributed by atoms with Crippen molar-refractivity contribution >= 4 is 52.9 Å². The van der Waals surface area contributed by atoms with Gasteiger partial charge in [-0.15, -0.1) is 0 Å². The van der Waals surface area contributed by atoms with Crippen LogP contribution in [0.25, 0.3) is 33.5 Å². The molecule has 0 saturated carbocycles. The summed E-state index contributed by atoms with van der Waals surface area (Å²) in [6.07, 6.45) is 0. The highest BCUT2D eigenvalue weighted by atomic mass is 35.5. The molecule has 4 rings (SSSR count). The van der Waals surface area contributed by atoms with E-state index in [1.54, 1.807) is 30.3 Å². The van der Waals surface area contributed by atoms with E-state index in [9.17, 15) is 9.59 Å². The molecule has 0 atom stereocenters. The fourth-order valence-corrected chi connectivity index (χ4v) is 3.02. The lowest BCUT2D eigenvalue weighted by Gasteiger charge is -2.06. The van der Waals surface area contributed by atoms with Crippen LogP contribution in [-0.2, 0) is 4.74 Å². The fourth-order valence-electron chi connectivity index (χ4n) is 2.75. The Bertz CT molecular complexity index is 1250. The molecule has 0 spiro atoms. The van der Waals surface area contributed by atoms with Gasteiger partial charge in [0.25, 0.3) is 5.56 Å². The van der Waals surface area contributed by atoms with Gasteiger partial charge in [0.2, 0.25) is 5.58 Å². The van der Waals surface area contributed by atoms with Crippen molar-refractivity contribution in [3.63, 3.8) is 0 Å². The molecule has 2 heterocycles. The van der Waals surface area contributed by atoms with Gasteiger partial charge in [0, 0.05) is 10.9 Å². The van der Waals surface area contributed by atoms with Gasteiger partial charge in [0.15, 0.2) is 0 Å². The number of carbonyl (C=O) groups is 1. The normalized spacial score (nSPS) is 11.2. The Morgan fingerprint density at radius 1 is 1.27 bits per heavy atom. The maximum atomic E-state index is 12.4. The molecule has 2 aromatic carbocycles. The van der Waals surface area contributed by atoms with E-state index in [0.29, 0.717) is 33.1 Å². The molecule has 126 valence electrons. The molecule has 2 radical (unpaired) electrons. The van der Waals surface area contributed by atoms with Crippen LogP contribution in [0.3, 0.4) is 0 Å². The number of esters is 1. The van der Waals surface area contributed by atoms with Crippen LogP contribution in [0.5, 0.6) is 0 Å². The number of methoxy groups -OCH3 is 1. The minimum atomic E-state index is -0.508. The summed E-state index contributed by atoms with van der Waals surface area (Å²) in [4.78, 5) is 31.2. The number of aromatic amines is 1. The van der Waals surface area contributed by atoms with Crippen LogP contribution in [0, 0.1) is 0 Å².